The molecule has 5 rings (SSSR count). The minimum Gasteiger partial charge on any atom is -0.497 e. The minimum atomic E-state index is -3.66. The zero-order chi connectivity index (χ0) is 26.2. The molecule has 1 saturated heterocycles. The molecule has 0 saturated carbocycles. The van der Waals surface area contributed by atoms with Crippen molar-refractivity contribution in [2.24, 2.45) is 0 Å². The summed E-state index contributed by atoms with van der Waals surface area (Å²) in [4.78, 5) is 19.3. The summed E-state index contributed by atoms with van der Waals surface area (Å²) in [6, 6.07) is 16.8. The monoisotopic (exact) mass is 539 g/mol. The Balaban J connectivity index is 1.30. The van der Waals surface area contributed by atoms with Gasteiger partial charge >= 0.3 is 0 Å². The molecule has 0 aliphatic carbocycles. The smallest absolute Gasteiger partial charge is 0.243 e. The molecule has 0 bridgehead atoms. The van der Waals surface area contributed by atoms with Crippen LogP contribution in [0.1, 0.15) is 34.5 Å². The Morgan fingerprint density at radius 3 is 2.49 bits per heavy atom. The second-order valence-electron chi connectivity index (χ2n) is 9.76. The van der Waals surface area contributed by atoms with E-state index in [-0.39, 0.29) is 29.4 Å². The zero-order valence-electron chi connectivity index (χ0n) is 21.5. The van der Waals surface area contributed by atoms with Gasteiger partial charge in [-0.15, -0.1) is 11.3 Å². The van der Waals surface area contributed by atoms with Crippen molar-refractivity contribution in [2.75, 3.05) is 39.8 Å². The number of carbonyl (C=O) groups is 1. The fraction of sp³-hybridized carbons (Fsp3) is 0.393. The Morgan fingerprint density at radius 1 is 1.03 bits per heavy atom. The van der Waals surface area contributed by atoms with Crippen LogP contribution in [0.2, 0.25) is 0 Å². The molecule has 2 atom stereocenters. The Morgan fingerprint density at radius 2 is 1.78 bits per heavy atom. The van der Waals surface area contributed by atoms with Gasteiger partial charge in [-0.1, -0.05) is 24.3 Å². The zero-order valence-corrected chi connectivity index (χ0v) is 23.1. The average Bonchev–Trinajstić information content (AvgIpc) is 3.38. The van der Waals surface area contributed by atoms with Gasteiger partial charge in [0.25, 0.3) is 0 Å². The molecule has 1 aromatic heterocycles. The van der Waals surface area contributed by atoms with Gasteiger partial charge in [-0.25, -0.2) is 8.42 Å². The van der Waals surface area contributed by atoms with E-state index in [0.717, 1.165) is 13.0 Å². The molecule has 3 aromatic rings. The quantitative estimate of drug-likeness (QED) is 0.475. The number of ether oxygens (including phenoxy) is 1. The largest absolute Gasteiger partial charge is 0.497 e. The second-order valence-corrected chi connectivity index (χ2v) is 12.7. The van der Waals surface area contributed by atoms with Crippen molar-refractivity contribution < 1.29 is 17.9 Å². The first-order chi connectivity index (χ1) is 17.8. The number of benzene rings is 2. The standard InChI is InChI=1S/C28H33N3O4S2/c1-20-6-4-5-7-24(20)28-25-13-17-36-26(25)12-14-30(28)19-27(32)29-15-16-31(21(2)18-29)37(33,34)23-10-8-22(35-3)9-11-23/h4-11,13,17,21,28H,12,14-16,18-19H2,1-3H3/t21-,28+/m0/s1. The fourth-order valence-electron chi connectivity index (χ4n) is 5.48. The van der Waals surface area contributed by atoms with Crippen LogP contribution >= 0.6 is 11.3 Å². The lowest BCUT2D eigenvalue weighted by Crippen LogP contribution is -2.57. The normalized spacial score (nSPS) is 21.0. The molecule has 2 aromatic carbocycles. The molecule has 2 aliphatic heterocycles. The topological polar surface area (TPSA) is 70.2 Å². The Bertz CT molecular complexity index is 1370. The van der Waals surface area contributed by atoms with Crippen molar-refractivity contribution in [1.82, 2.24) is 14.1 Å². The number of hydrogen-bond donors (Lipinski definition) is 0. The predicted octanol–water partition coefficient (Wildman–Crippen LogP) is 3.93. The number of amides is 1. The lowest BCUT2D eigenvalue weighted by molar-refractivity contribution is -0.135. The maximum absolute atomic E-state index is 13.5. The van der Waals surface area contributed by atoms with E-state index < -0.39 is 10.0 Å². The molecule has 1 fully saturated rings. The number of thiophene rings is 1. The van der Waals surface area contributed by atoms with Crippen LogP contribution in [0.3, 0.4) is 0 Å². The van der Waals surface area contributed by atoms with Crippen molar-refractivity contribution in [3.05, 3.63) is 81.5 Å². The third kappa shape index (κ3) is 5.05. The number of rotatable bonds is 6. The molecule has 9 heteroatoms. The van der Waals surface area contributed by atoms with Crippen molar-refractivity contribution in [3.63, 3.8) is 0 Å². The van der Waals surface area contributed by atoms with Gasteiger partial charge < -0.3 is 9.64 Å². The van der Waals surface area contributed by atoms with E-state index in [1.54, 1.807) is 42.7 Å². The molecule has 1 amide bonds. The summed E-state index contributed by atoms with van der Waals surface area (Å²) in [5, 5.41) is 2.14. The Hall–Kier alpha value is -2.72. The summed E-state index contributed by atoms with van der Waals surface area (Å²) in [7, 11) is -2.11. The highest BCUT2D eigenvalue weighted by molar-refractivity contribution is 7.89. The number of methoxy groups -OCH3 is 1. The second kappa shape index (κ2) is 10.6. The molecule has 7 nitrogen and oxygen atoms in total. The SMILES string of the molecule is COc1ccc(S(=O)(=O)N2CCN(C(=O)CN3CCc4sccc4[C@H]3c3ccccc3C)C[C@@H]2C)cc1. The van der Waals surface area contributed by atoms with Crippen LogP contribution in [0.15, 0.2) is 64.9 Å². The predicted molar refractivity (Wildman–Crippen MR) is 146 cm³/mol. The van der Waals surface area contributed by atoms with Gasteiger partial charge in [0.05, 0.1) is 24.6 Å². The number of fused-ring (bicyclic) bond motifs is 1. The van der Waals surface area contributed by atoms with Crippen LogP contribution in [0.4, 0.5) is 0 Å². The first-order valence-electron chi connectivity index (χ1n) is 12.6. The Kier molecular flexibility index (Phi) is 7.40. The van der Waals surface area contributed by atoms with Gasteiger partial charge in [0.1, 0.15) is 5.75 Å². The van der Waals surface area contributed by atoms with Gasteiger partial charge in [0, 0.05) is 37.1 Å². The lowest BCUT2D eigenvalue weighted by Gasteiger charge is -2.41. The van der Waals surface area contributed by atoms with Gasteiger partial charge in [-0.05, 0) is 72.7 Å². The van der Waals surface area contributed by atoms with E-state index in [2.05, 4.69) is 41.5 Å². The molecular formula is C28H33N3O4S2. The fourth-order valence-corrected chi connectivity index (χ4v) is 7.99. The van der Waals surface area contributed by atoms with Crippen LogP contribution in [0, 0.1) is 6.92 Å². The van der Waals surface area contributed by atoms with Crippen molar-refractivity contribution in [2.45, 2.75) is 37.2 Å². The maximum atomic E-state index is 13.5. The van der Waals surface area contributed by atoms with Crippen LogP contribution in [0.25, 0.3) is 0 Å². The van der Waals surface area contributed by atoms with E-state index in [0.29, 0.717) is 25.4 Å². The van der Waals surface area contributed by atoms with E-state index >= 15 is 0 Å². The number of hydrogen-bond acceptors (Lipinski definition) is 6. The van der Waals surface area contributed by atoms with Crippen molar-refractivity contribution in [3.8, 4) is 5.75 Å². The molecule has 3 heterocycles. The molecule has 0 unspecified atom stereocenters. The molecule has 196 valence electrons. The first-order valence-corrected chi connectivity index (χ1v) is 14.9. The van der Waals surface area contributed by atoms with E-state index in [1.807, 2.05) is 17.9 Å². The molecule has 2 aliphatic rings. The highest BCUT2D eigenvalue weighted by atomic mass is 32.2. The summed E-state index contributed by atoms with van der Waals surface area (Å²) >= 11 is 1.79. The third-order valence-corrected chi connectivity index (χ3v) is 10.5. The van der Waals surface area contributed by atoms with Gasteiger partial charge in [0.2, 0.25) is 15.9 Å². The summed E-state index contributed by atoms with van der Waals surface area (Å²) in [6.45, 7) is 6.16. The first kappa shape index (κ1) is 25.9. The van der Waals surface area contributed by atoms with Gasteiger partial charge in [0.15, 0.2) is 0 Å². The van der Waals surface area contributed by atoms with Crippen LogP contribution in [-0.4, -0.2) is 74.3 Å². The van der Waals surface area contributed by atoms with Gasteiger partial charge in [-0.2, -0.15) is 4.31 Å². The molecular weight excluding hydrogens is 506 g/mol. The maximum Gasteiger partial charge on any atom is 0.243 e. The lowest BCUT2D eigenvalue weighted by atomic mass is 9.90. The Labute approximate surface area is 223 Å². The molecule has 37 heavy (non-hydrogen) atoms. The van der Waals surface area contributed by atoms with Gasteiger partial charge in [-0.3, -0.25) is 9.69 Å². The highest BCUT2D eigenvalue weighted by Gasteiger charge is 2.37. The van der Waals surface area contributed by atoms with Crippen LogP contribution in [-0.2, 0) is 21.2 Å². The molecule has 0 radical (unpaired) electrons. The van der Waals surface area contributed by atoms with E-state index in [9.17, 15) is 13.2 Å². The number of aryl methyl sites for hydroxylation is 1. The van der Waals surface area contributed by atoms with E-state index in [4.69, 9.17) is 4.74 Å². The summed E-state index contributed by atoms with van der Waals surface area (Å²) in [6.07, 6.45) is 0.937. The summed E-state index contributed by atoms with van der Waals surface area (Å²) in [5.41, 5.74) is 3.75. The minimum absolute atomic E-state index is 0.0469. The van der Waals surface area contributed by atoms with Crippen molar-refractivity contribution in [1.29, 1.82) is 0 Å². The number of piperazine rings is 1. The van der Waals surface area contributed by atoms with E-state index in [1.165, 1.54) is 25.9 Å². The highest BCUT2D eigenvalue weighted by Crippen LogP contribution is 2.38. The summed E-state index contributed by atoms with van der Waals surface area (Å²) < 4.78 is 33.2. The average molecular weight is 540 g/mol. The third-order valence-electron chi connectivity index (χ3n) is 7.47. The van der Waals surface area contributed by atoms with Crippen molar-refractivity contribution >= 4 is 27.3 Å². The number of sulfonamides is 1. The number of nitrogens with zero attached hydrogens (tertiary/aromatic N) is 3. The van der Waals surface area contributed by atoms with Crippen LogP contribution < -0.4 is 4.74 Å². The molecule has 0 spiro atoms. The van der Waals surface area contributed by atoms with Crippen LogP contribution in [0.5, 0.6) is 5.75 Å². The summed E-state index contributed by atoms with van der Waals surface area (Å²) in [5.74, 6) is 0.657. The number of carbonyl (C=O) groups excluding carboxylic acids is 1. The molecule has 0 N–H and O–H groups in total.